The number of hydrogen-bond acceptors (Lipinski definition) is 4. The smallest absolute Gasteiger partial charge is 0.346 e. The van der Waals surface area contributed by atoms with Crippen molar-refractivity contribution in [3.8, 4) is 0 Å². The largest absolute Gasteiger partial charge is 0.478 e. The summed E-state index contributed by atoms with van der Waals surface area (Å²) in [5, 5.41) is 14.6. The molecule has 0 bridgehead atoms. The molecule has 10 heavy (non-hydrogen) atoms. The lowest BCUT2D eigenvalue weighted by Crippen LogP contribution is -2.10. The van der Waals surface area contributed by atoms with Crippen molar-refractivity contribution in [3.05, 3.63) is 0 Å². The van der Waals surface area contributed by atoms with Crippen LogP contribution in [0.2, 0.25) is 0 Å². The zero-order valence-electron chi connectivity index (χ0n) is 5.19. The standard InChI is InChI=1S/C4H8NO4P/c5-1-2-10(8,9)3-4(6)7/h1,5,8-9H,2-3H2/p+1. The summed E-state index contributed by atoms with van der Waals surface area (Å²) in [4.78, 5) is 27.6. The number of rotatable bonds is 4. The number of carbonyl (C=O) groups is 1. The molecule has 0 saturated heterocycles. The molecule has 0 aromatic rings. The molecular weight excluding hydrogens is 157 g/mol. The van der Waals surface area contributed by atoms with Gasteiger partial charge >= 0.3 is 5.97 Å². The minimum atomic E-state index is -3.34. The third-order valence-corrected chi connectivity index (χ3v) is 2.32. The number of carboxylic acids is 1. The average molecular weight is 166 g/mol. The van der Waals surface area contributed by atoms with E-state index in [9.17, 15) is 4.79 Å². The highest BCUT2D eigenvalue weighted by atomic mass is 31.2. The van der Waals surface area contributed by atoms with Crippen molar-refractivity contribution in [1.82, 2.24) is 0 Å². The molecule has 0 aromatic carbocycles. The normalized spacial score (nSPS) is 11.0. The quantitative estimate of drug-likeness (QED) is 0.335. The molecule has 4 N–H and O–H groups in total. The maximum atomic E-state index is 9.92. The lowest BCUT2D eigenvalue weighted by Gasteiger charge is -2.05. The predicted octanol–water partition coefficient (Wildman–Crippen LogP) is -0.447. The second-order valence-electron chi connectivity index (χ2n) is 1.82. The second kappa shape index (κ2) is 3.61. The van der Waals surface area contributed by atoms with Gasteiger partial charge in [0.05, 0.1) is 0 Å². The molecule has 0 aromatic heterocycles. The molecule has 58 valence electrons. The summed E-state index contributed by atoms with van der Waals surface area (Å²) in [6, 6.07) is 0. The molecule has 0 atom stereocenters. The number of hydrogen-bond donors (Lipinski definition) is 4. The van der Waals surface area contributed by atoms with Gasteiger partial charge in [-0.25, -0.2) is 14.6 Å². The van der Waals surface area contributed by atoms with Crippen LogP contribution < -0.4 is 0 Å². The molecule has 0 aliphatic carbocycles. The molecule has 0 amide bonds. The van der Waals surface area contributed by atoms with Crippen molar-refractivity contribution in [1.29, 1.82) is 5.41 Å². The maximum absolute atomic E-state index is 9.92. The highest BCUT2D eigenvalue weighted by Crippen LogP contribution is 2.48. The van der Waals surface area contributed by atoms with Crippen molar-refractivity contribution in [2.24, 2.45) is 0 Å². The van der Waals surface area contributed by atoms with Crippen LogP contribution >= 0.6 is 7.72 Å². The molecule has 0 radical (unpaired) electrons. The first-order chi connectivity index (χ1) is 4.48. The predicted molar refractivity (Wildman–Crippen MR) is 37.5 cm³/mol. The highest BCUT2D eigenvalue weighted by molar-refractivity contribution is 7.66. The van der Waals surface area contributed by atoms with Crippen molar-refractivity contribution in [3.63, 3.8) is 0 Å². The van der Waals surface area contributed by atoms with Gasteiger partial charge in [0.2, 0.25) is 6.16 Å². The number of nitrogens with one attached hydrogen (secondary N) is 1. The van der Waals surface area contributed by atoms with Crippen LogP contribution in [0.1, 0.15) is 0 Å². The Morgan fingerprint density at radius 1 is 1.60 bits per heavy atom. The molecule has 0 spiro atoms. The van der Waals surface area contributed by atoms with E-state index in [1.165, 1.54) is 0 Å². The first kappa shape index (κ1) is 9.49. The lowest BCUT2D eigenvalue weighted by molar-refractivity contribution is -0.134. The second-order valence-corrected chi connectivity index (χ2v) is 4.26. The van der Waals surface area contributed by atoms with Crippen LogP contribution in [0.5, 0.6) is 0 Å². The van der Waals surface area contributed by atoms with E-state index in [2.05, 4.69) is 0 Å². The number of carboxylic acid groups (broad SMARTS) is 1. The summed E-state index contributed by atoms with van der Waals surface area (Å²) in [6.07, 6.45) is -0.0988. The molecule has 0 rings (SSSR count). The van der Waals surface area contributed by atoms with E-state index >= 15 is 0 Å². The van der Waals surface area contributed by atoms with Crippen LogP contribution in [0.25, 0.3) is 0 Å². The fourth-order valence-electron chi connectivity index (χ4n) is 0.427. The third kappa shape index (κ3) is 4.38. The fraction of sp³-hybridized carbons (Fsp3) is 0.500. The maximum Gasteiger partial charge on any atom is 0.346 e. The summed E-state index contributed by atoms with van der Waals surface area (Å²) in [5.74, 6) is -1.25. The van der Waals surface area contributed by atoms with Crippen LogP contribution in [0, 0.1) is 5.41 Å². The Bertz CT molecular complexity index is 146. The topological polar surface area (TPSA) is 102 Å². The Balaban J connectivity index is 3.85. The van der Waals surface area contributed by atoms with Gasteiger partial charge in [-0.05, 0) is 0 Å². The Hall–Kier alpha value is -0.510. The van der Waals surface area contributed by atoms with Gasteiger partial charge in [-0.15, -0.1) is 0 Å². The molecule has 0 heterocycles. The van der Waals surface area contributed by atoms with E-state index in [0.717, 1.165) is 6.21 Å². The van der Waals surface area contributed by atoms with Crippen molar-refractivity contribution in [2.75, 3.05) is 12.3 Å². The third-order valence-electron chi connectivity index (χ3n) is 0.772. The Morgan fingerprint density at radius 3 is 2.40 bits per heavy atom. The fourth-order valence-corrected chi connectivity index (χ4v) is 1.28. The van der Waals surface area contributed by atoms with Crippen molar-refractivity contribution in [2.45, 2.75) is 0 Å². The van der Waals surface area contributed by atoms with Crippen LogP contribution in [0.4, 0.5) is 0 Å². The van der Waals surface area contributed by atoms with E-state index in [-0.39, 0.29) is 6.16 Å². The summed E-state index contributed by atoms with van der Waals surface area (Å²) in [7, 11) is -3.34. The van der Waals surface area contributed by atoms with Crippen LogP contribution in [-0.4, -0.2) is 39.4 Å². The van der Waals surface area contributed by atoms with Gasteiger partial charge in [0.15, 0.2) is 0 Å². The van der Waals surface area contributed by atoms with Gasteiger partial charge < -0.3 is 10.5 Å². The van der Waals surface area contributed by atoms with Crippen LogP contribution in [-0.2, 0) is 4.79 Å². The van der Waals surface area contributed by atoms with Gasteiger partial charge in [0.1, 0.15) is 6.16 Å². The van der Waals surface area contributed by atoms with E-state index < -0.39 is 19.8 Å². The molecule has 0 aliphatic heterocycles. The molecule has 0 fully saturated rings. The first-order valence-corrected chi connectivity index (χ1v) is 4.58. The molecule has 0 unspecified atom stereocenters. The number of aliphatic carboxylic acids is 1. The summed E-state index contributed by atoms with van der Waals surface area (Å²) >= 11 is 0. The minimum absolute atomic E-state index is 0.251. The molecule has 6 heteroatoms. The average Bonchev–Trinajstić information content (AvgIpc) is 1.59. The molecule has 0 aliphatic rings. The molecule has 5 nitrogen and oxygen atoms in total. The monoisotopic (exact) mass is 166 g/mol. The van der Waals surface area contributed by atoms with Crippen LogP contribution in [0.3, 0.4) is 0 Å². The summed E-state index contributed by atoms with van der Waals surface area (Å²) < 4.78 is 0. The Morgan fingerprint density at radius 2 is 2.10 bits per heavy atom. The van der Waals surface area contributed by atoms with Gasteiger partial charge in [0, 0.05) is 6.21 Å². The molecular formula is C4H9NO4P+. The SMILES string of the molecule is N=CC[P+](O)(O)CC(=O)O. The van der Waals surface area contributed by atoms with Gasteiger partial charge in [-0.1, -0.05) is 0 Å². The van der Waals surface area contributed by atoms with Gasteiger partial charge in [-0.3, -0.25) is 0 Å². The first-order valence-electron chi connectivity index (χ1n) is 2.51. The lowest BCUT2D eigenvalue weighted by atomic mass is 10.8. The van der Waals surface area contributed by atoms with E-state index in [4.69, 9.17) is 20.3 Å². The van der Waals surface area contributed by atoms with Gasteiger partial charge in [0.25, 0.3) is 7.72 Å². The Labute approximate surface area is 58.3 Å². The van der Waals surface area contributed by atoms with Crippen molar-refractivity contribution < 1.29 is 19.7 Å². The minimum Gasteiger partial charge on any atom is -0.478 e. The van der Waals surface area contributed by atoms with Crippen LogP contribution in [0.15, 0.2) is 0 Å². The van der Waals surface area contributed by atoms with Crippen molar-refractivity contribution >= 4 is 19.9 Å². The Kier molecular flexibility index (Phi) is 3.42. The van der Waals surface area contributed by atoms with E-state index in [0.29, 0.717) is 0 Å². The summed E-state index contributed by atoms with van der Waals surface area (Å²) in [6.45, 7) is 0. The zero-order chi connectivity index (χ0) is 8.20. The summed E-state index contributed by atoms with van der Waals surface area (Å²) in [5.41, 5.74) is 0. The highest BCUT2D eigenvalue weighted by Gasteiger charge is 2.34. The van der Waals surface area contributed by atoms with Gasteiger partial charge in [-0.2, -0.15) is 0 Å². The van der Waals surface area contributed by atoms with E-state index in [1.54, 1.807) is 0 Å². The molecule has 0 saturated carbocycles. The zero-order valence-corrected chi connectivity index (χ0v) is 6.08. The van der Waals surface area contributed by atoms with E-state index in [1.807, 2.05) is 0 Å².